The highest BCUT2D eigenvalue weighted by atomic mass is 35.5. The van der Waals surface area contributed by atoms with Crippen LogP contribution in [0.25, 0.3) is 0 Å². The lowest BCUT2D eigenvalue weighted by Crippen LogP contribution is -1.93. The second kappa shape index (κ2) is 5.49. The maximum atomic E-state index is 5.52. The second-order valence-electron chi connectivity index (χ2n) is 2.17. The van der Waals surface area contributed by atoms with Gasteiger partial charge in [-0.1, -0.05) is 18.7 Å². The van der Waals surface area contributed by atoms with Crippen molar-refractivity contribution in [2.24, 2.45) is 0 Å². The number of nitrogen functional groups attached to an aromatic ring is 1. The summed E-state index contributed by atoms with van der Waals surface area (Å²) in [5.41, 5.74) is 6.24. The molecule has 0 aliphatic heterocycles. The Labute approximate surface area is 78.4 Å². The lowest BCUT2D eigenvalue weighted by Gasteiger charge is -2.02. The van der Waals surface area contributed by atoms with E-state index in [-0.39, 0.29) is 12.4 Å². The van der Waals surface area contributed by atoms with Crippen LogP contribution in [0.3, 0.4) is 0 Å². The van der Waals surface area contributed by atoms with Crippen LogP contribution in [-0.4, -0.2) is 6.61 Å². The van der Waals surface area contributed by atoms with E-state index in [0.717, 1.165) is 5.75 Å². The van der Waals surface area contributed by atoms with Gasteiger partial charge in [-0.2, -0.15) is 0 Å². The molecule has 3 heteroatoms. The second-order valence-corrected chi connectivity index (χ2v) is 2.17. The average molecular weight is 186 g/mol. The van der Waals surface area contributed by atoms with Crippen LogP contribution in [0.5, 0.6) is 5.75 Å². The number of ether oxygens (including phenoxy) is 1. The first-order chi connectivity index (χ1) is 5.33. The summed E-state index contributed by atoms with van der Waals surface area (Å²) >= 11 is 0. The van der Waals surface area contributed by atoms with Gasteiger partial charge < -0.3 is 10.5 Å². The maximum Gasteiger partial charge on any atom is 0.121 e. The SMILES string of the molecule is C=CCOc1cccc(N)c1.Cl. The monoisotopic (exact) mass is 185 g/mol. The van der Waals surface area contributed by atoms with Gasteiger partial charge in [0.05, 0.1) is 0 Å². The summed E-state index contributed by atoms with van der Waals surface area (Å²) < 4.78 is 5.24. The van der Waals surface area contributed by atoms with Gasteiger partial charge in [-0.3, -0.25) is 0 Å². The molecule has 12 heavy (non-hydrogen) atoms. The molecule has 1 rings (SSSR count). The third kappa shape index (κ3) is 3.30. The number of anilines is 1. The quantitative estimate of drug-likeness (QED) is 0.579. The van der Waals surface area contributed by atoms with Gasteiger partial charge in [-0.05, 0) is 12.1 Å². The van der Waals surface area contributed by atoms with Crippen LogP contribution < -0.4 is 10.5 Å². The highest BCUT2D eigenvalue weighted by Gasteiger charge is 1.90. The molecule has 0 saturated carbocycles. The van der Waals surface area contributed by atoms with Crippen LogP contribution in [-0.2, 0) is 0 Å². The number of benzene rings is 1. The molecule has 0 saturated heterocycles. The minimum atomic E-state index is 0. The standard InChI is InChI=1S/C9H11NO.ClH/c1-2-6-11-9-5-3-4-8(10)7-9;/h2-5,7H,1,6,10H2;1H. The van der Waals surface area contributed by atoms with Crippen LogP contribution in [0, 0.1) is 0 Å². The van der Waals surface area contributed by atoms with E-state index < -0.39 is 0 Å². The molecule has 2 nitrogen and oxygen atoms in total. The van der Waals surface area contributed by atoms with Crippen molar-refractivity contribution >= 4 is 18.1 Å². The molecular weight excluding hydrogens is 174 g/mol. The molecule has 0 spiro atoms. The van der Waals surface area contributed by atoms with E-state index in [1.54, 1.807) is 12.1 Å². The van der Waals surface area contributed by atoms with Gasteiger partial charge in [0, 0.05) is 11.8 Å². The first kappa shape index (κ1) is 10.8. The highest BCUT2D eigenvalue weighted by molar-refractivity contribution is 5.85. The number of hydrogen-bond acceptors (Lipinski definition) is 2. The molecule has 0 aromatic heterocycles. The molecule has 0 radical (unpaired) electrons. The van der Waals surface area contributed by atoms with E-state index in [4.69, 9.17) is 10.5 Å². The average Bonchev–Trinajstić information content (AvgIpc) is 2.01. The predicted molar refractivity (Wildman–Crippen MR) is 53.8 cm³/mol. The van der Waals surface area contributed by atoms with Crippen LogP contribution in [0.4, 0.5) is 5.69 Å². The van der Waals surface area contributed by atoms with Gasteiger partial charge in [0.15, 0.2) is 0 Å². The Morgan fingerprint density at radius 3 is 2.83 bits per heavy atom. The van der Waals surface area contributed by atoms with Crippen molar-refractivity contribution in [2.75, 3.05) is 12.3 Å². The molecule has 1 aromatic rings. The highest BCUT2D eigenvalue weighted by Crippen LogP contribution is 2.13. The van der Waals surface area contributed by atoms with Crippen molar-refractivity contribution in [1.29, 1.82) is 0 Å². The Bertz CT molecular complexity index is 250. The summed E-state index contributed by atoms with van der Waals surface area (Å²) in [7, 11) is 0. The van der Waals surface area contributed by atoms with Gasteiger partial charge in [0.1, 0.15) is 12.4 Å². The minimum absolute atomic E-state index is 0. The molecule has 0 amide bonds. The molecule has 0 aliphatic carbocycles. The summed E-state index contributed by atoms with van der Waals surface area (Å²) in [6, 6.07) is 7.32. The summed E-state index contributed by atoms with van der Waals surface area (Å²) in [5, 5.41) is 0. The van der Waals surface area contributed by atoms with Gasteiger partial charge in [-0.25, -0.2) is 0 Å². The summed E-state index contributed by atoms with van der Waals surface area (Å²) in [4.78, 5) is 0. The van der Waals surface area contributed by atoms with E-state index >= 15 is 0 Å². The normalized spacial score (nSPS) is 8.33. The van der Waals surface area contributed by atoms with E-state index in [1.165, 1.54) is 0 Å². The number of halogens is 1. The molecule has 0 atom stereocenters. The fraction of sp³-hybridized carbons (Fsp3) is 0.111. The third-order valence-corrected chi connectivity index (χ3v) is 1.23. The van der Waals surface area contributed by atoms with Gasteiger partial charge in [0.25, 0.3) is 0 Å². The lowest BCUT2D eigenvalue weighted by molar-refractivity contribution is 0.363. The summed E-state index contributed by atoms with van der Waals surface area (Å²) in [6.45, 7) is 4.06. The fourth-order valence-corrected chi connectivity index (χ4v) is 0.759. The van der Waals surface area contributed by atoms with Crippen LogP contribution >= 0.6 is 12.4 Å². The molecule has 2 N–H and O–H groups in total. The molecule has 1 aromatic carbocycles. The zero-order valence-electron chi connectivity index (χ0n) is 6.69. The Morgan fingerprint density at radius 1 is 1.50 bits per heavy atom. The van der Waals surface area contributed by atoms with E-state index in [1.807, 2.05) is 18.2 Å². The molecule has 66 valence electrons. The molecule has 0 bridgehead atoms. The van der Waals surface area contributed by atoms with Crippen LogP contribution in [0.15, 0.2) is 36.9 Å². The summed E-state index contributed by atoms with van der Waals surface area (Å²) in [5.74, 6) is 0.782. The number of nitrogens with two attached hydrogens (primary N) is 1. The Morgan fingerprint density at radius 2 is 2.25 bits per heavy atom. The molecular formula is C9H12ClNO. The zero-order valence-corrected chi connectivity index (χ0v) is 7.51. The first-order valence-corrected chi connectivity index (χ1v) is 3.42. The van der Waals surface area contributed by atoms with Crippen molar-refractivity contribution in [3.05, 3.63) is 36.9 Å². The summed E-state index contributed by atoms with van der Waals surface area (Å²) in [6.07, 6.45) is 1.70. The van der Waals surface area contributed by atoms with E-state index in [0.29, 0.717) is 12.3 Å². The van der Waals surface area contributed by atoms with Gasteiger partial charge in [0.2, 0.25) is 0 Å². The van der Waals surface area contributed by atoms with Crippen molar-refractivity contribution in [2.45, 2.75) is 0 Å². The third-order valence-electron chi connectivity index (χ3n) is 1.23. The fourth-order valence-electron chi connectivity index (χ4n) is 0.759. The molecule has 0 fully saturated rings. The molecule has 0 aliphatic rings. The number of hydrogen-bond donors (Lipinski definition) is 1. The minimum Gasteiger partial charge on any atom is -0.489 e. The van der Waals surface area contributed by atoms with Crippen molar-refractivity contribution in [3.63, 3.8) is 0 Å². The molecule has 0 unspecified atom stereocenters. The number of rotatable bonds is 3. The largest absolute Gasteiger partial charge is 0.489 e. The maximum absolute atomic E-state index is 5.52. The van der Waals surface area contributed by atoms with E-state index in [2.05, 4.69) is 6.58 Å². The topological polar surface area (TPSA) is 35.2 Å². The Kier molecular flexibility index (Phi) is 4.97. The zero-order chi connectivity index (χ0) is 8.10. The van der Waals surface area contributed by atoms with Crippen molar-refractivity contribution in [1.82, 2.24) is 0 Å². The first-order valence-electron chi connectivity index (χ1n) is 3.42. The van der Waals surface area contributed by atoms with Crippen molar-refractivity contribution < 1.29 is 4.74 Å². The Hall–Kier alpha value is -1.15. The van der Waals surface area contributed by atoms with Crippen molar-refractivity contribution in [3.8, 4) is 5.75 Å². The Balaban J connectivity index is 0.00000121. The molecule has 0 heterocycles. The van der Waals surface area contributed by atoms with Gasteiger partial charge >= 0.3 is 0 Å². The van der Waals surface area contributed by atoms with Gasteiger partial charge in [-0.15, -0.1) is 12.4 Å². The predicted octanol–water partition coefficient (Wildman–Crippen LogP) is 2.26. The van der Waals surface area contributed by atoms with E-state index in [9.17, 15) is 0 Å². The van der Waals surface area contributed by atoms with Crippen LogP contribution in [0.2, 0.25) is 0 Å². The smallest absolute Gasteiger partial charge is 0.121 e. The lowest BCUT2D eigenvalue weighted by atomic mass is 10.3. The van der Waals surface area contributed by atoms with Crippen LogP contribution in [0.1, 0.15) is 0 Å².